The molecule has 6 heteroatoms. The Bertz CT molecular complexity index is 368. The Labute approximate surface area is 102 Å². The lowest BCUT2D eigenvalue weighted by atomic mass is 10.2. The summed E-state index contributed by atoms with van der Waals surface area (Å²) >= 11 is 0. The average molecular weight is 259 g/mol. The fraction of sp³-hybridized carbons (Fsp3) is 0.455. The van der Waals surface area contributed by atoms with Crippen molar-refractivity contribution in [3.05, 3.63) is 35.4 Å². The van der Waals surface area contributed by atoms with Crippen molar-refractivity contribution in [3.8, 4) is 0 Å². The average Bonchev–Trinajstić information content (AvgIpc) is 2.32. The number of ether oxygens (including phenoxy) is 2. The van der Waals surface area contributed by atoms with Crippen molar-refractivity contribution in [1.29, 1.82) is 0 Å². The standard InChI is InChI=1S/C11H13F2O3Si/c1-3-14-11(16-17,15-4-2)8-5-6-9(12)10(13)7-8/h5-7H,3-4H2,1-2H3. The molecule has 0 atom stereocenters. The molecular weight excluding hydrogens is 246 g/mol. The van der Waals surface area contributed by atoms with E-state index in [-0.39, 0.29) is 18.8 Å². The Kier molecular flexibility index (Phi) is 5.19. The van der Waals surface area contributed by atoms with E-state index in [1.807, 2.05) is 0 Å². The van der Waals surface area contributed by atoms with E-state index < -0.39 is 17.6 Å². The zero-order valence-corrected chi connectivity index (χ0v) is 10.6. The Balaban J connectivity index is 3.14. The second-order valence-corrected chi connectivity index (χ2v) is 3.36. The molecule has 0 amide bonds. The molecule has 0 saturated heterocycles. The Morgan fingerprint density at radius 1 is 1.12 bits per heavy atom. The highest BCUT2D eigenvalue weighted by Gasteiger charge is 2.34. The summed E-state index contributed by atoms with van der Waals surface area (Å²) in [6.07, 6.45) is 0. The molecule has 0 aliphatic carbocycles. The van der Waals surface area contributed by atoms with Crippen LogP contribution < -0.4 is 0 Å². The molecule has 0 fully saturated rings. The molecule has 1 aromatic carbocycles. The lowest BCUT2D eigenvalue weighted by molar-refractivity contribution is -0.353. The van der Waals surface area contributed by atoms with E-state index in [9.17, 15) is 8.78 Å². The first-order chi connectivity index (χ1) is 8.09. The molecule has 0 heterocycles. The lowest BCUT2D eigenvalue weighted by Gasteiger charge is -2.31. The summed E-state index contributed by atoms with van der Waals surface area (Å²) in [4.78, 5) is 0. The van der Waals surface area contributed by atoms with Crippen molar-refractivity contribution in [3.63, 3.8) is 0 Å². The van der Waals surface area contributed by atoms with Gasteiger partial charge >= 0.3 is 5.97 Å². The largest absolute Gasteiger partial charge is 0.367 e. The maximum Gasteiger partial charge on any atom is 0.302 e. The first-order valence-corrected chi connectivity index (χ1v) is 5.58. The smallest absolute Gasteiger partial charge is 0.302 e. The zero-order chi connectivity index (χ0) is 12.9. The van der Waals surface area contributed by atoms with Gasteiger partial charge in [-0.1, -0.05) is 0 Å². The van der Waals surface area contributed by atoms with Gasteiger partial charge < -0.3 is 13.9 Å². The highest BCUT2D eigenvalue weighted by atomic mass is 28.2. The summed E-state index contributed by atoms with van der Waals surface area (Å²) in [5.74, 6) is -3.51. The third-order valence-corrected chi connectivity index (χ3v) is 2.34. The van der Waals surface area contributed by atoms with E-state index >= 15 is 0 Å². The van der Waals surface area contributed by atoms with E-state index in [1.54, 1.807) is 13.8 Å². The predicted octanol–water partition coefficient (Wildman–Crippen LogP) is 2.25. The van der Waals surface area contributed by atoms with Crippen molar-refractivity contribution < 1.29 is 22.7 Å². The molecule has 17 heavy (non-hydrogen) atoms. The van der Waals surface area contributed by atoms with Gasteiger partial charge in [-0.3, -0.25) is 0 Å². The predicted molar refractivity (Wildman–Crippen MR) is 58.1 cm³/mol. The van der Waals surface area contributed by atoms with Crippen LogP contribution in [0.15, 0.2) is 18.2 Å². The van der Waals surface area contributed by atoms with E-state index in [1.165, 1.54) is 6.07 Å². The summed E-state index contributed by atoms with van der Waals surface area (Å²) in [6.45, 7) is 4.03. The molecule has 0 unspecified atom stereocenters. The number of hydrogen-bond acceptors (Lipinski definition) is 3. The first-order valence-electron chi connectivity index (χ1n) is 5.17. The second kappa shape index (κ2) is 6.20. The number of hydrogen-bond donors (Lipinski definition) is 0. The fourth-order valence-electron chi connectivity index (χ4n) is 1.39. The van der Waals surface area contributed by atoms with Gasteiger partial charge in [-0.05, 0) is 32.0 Å². The van der Waals surface area contributed by atoms with Crippen molar-refractivity contribution in [1.82, 2.24) is 0 Å². The van der Waals surface area contributed by atoms with Gasteiger partial charge in [-0.2, -0.15) is 0 Å². The van der Waals surface area contributed by atoms with Crippen LogP contribution in [-0.4, -0.2) is 23.7 Å². The summed E-state index contributed by atoms with van der Waals surface area (Å²) in [5, 5.41) is 0. The van der Waals surface area contributed by atoms with Gasteiger partial charge in [0.1, 0.15) is 0 Å². The van der Waals surface area contributed by atoms with Crippen LogP contribution in [0.2, 0.25) is 0 Å². The lowest BCUT2D eigenvalue weighted by Crippen LogP contribution is -2.36. The molecular formula is C11H13F2O3Si. The normalized spacial score (nSPS) is 11.8. The highest BCUT2D eigenvalue weighted by molar-refractivity contribution is 5.98. The van der Waals surface area contributed by atoms with Gasteiger partial charge in [0.2, 0.25) is 0 Å². The minimum atomic E-state index is -1.57. The summed E-state index contributed by atoms with van der Waals surface area (Å²) in [7, 11) is 2.84. The van der Waals surface area contributed by atoms with Crippen LogP contribution in [0.3, 0.4) is 0 Å². The maximum atomic E-state index is 13.2. The molecule has 0 aromatic heterocycles. The molecule has 0 aliphatic heterocycles. The molecule has 0 spiro atoms. The number of benzene rings is 1. The summed E-state index contributed by atoms with van der Waals surface area (Å²) in [6, 6.07) is 3.30. The van der Waals surface area contributed by atoms with Crippen LogP contribution in [-0.2, 0) is 19.9 Å². The molecule has 0 N–H and O–H groups in total. The quantitative estimate of drug-likeness (QED) is 0.579. The highest BCUT2D eigenvalue weighted by Crippen LogP contribution is 2.29. The monoisotopic (exact) mass is 259 g/mol. The molecule has 0 bridgehead atoms. The van der Waals surface area contributed by atoms with Crippen molar-refractivity contribution in [2.45, 2.75) is 19.8 Å². The molecule has 1 rings (SSSR count). The minimum Gasteiger partial charge on any atom is -0.367 e. The van der Waals surface area contributed by atoms with E-state index in [4.69, 9.17) is 13.9 Å². The molecule has 3 radical (unpaired) electrons. The Morgan fingerprint density at radius 3 is 2.12 bits per heavy atom. The van der Waals surface area contributed by atoms with Gasteiger partial charge in [-0.15, -0.1) is 0 Å². The zero-order valence-electron chi connectivity index (χ0n) is 9.63. The van der Waals surface area contributed by atoms with Gasteiger partial charge in [0.05, 0.1) is 0 Å². The molecule has 0 aliphatic rings. The number of rotatable bonds is 6. The van der Waals surface area contributed by atoms with Crippen LogP contribution in [0.1, 0.15) is 19.4 Å². The fourth-order valence-corrected chi connectivity index (χ4v) is 1.63. The van der Waals surface area contributed by atoms with Crippen molar-refractivity contribution in [2.75, 3.05) is 13.2 Å². The summed E-state index contributed by atoms with van der Waals surface area (Å²) in [5.41, 5.74) is 0.232. The molecule has 3 nitrogen and oxygen atoms in total. The van der Waals surface area contributed by atoms with Gasteiger partial charge in [0, 0.05) is 18.8 Å². The van der Waals surface area contributed by atoms with Gasteiger partial charge in [0.25, 0.3) is 10.5 Å². The molecule has 93 valence electrons. The Morgan fingerprint density at radius 2 is 1.71 bits per heavy atom. The SMILES string of the molecule is CCOC(O[Si])(OCC)c1ccc(F)c(F)c1. The van der Waals surface area contributed by atoms with Crippen LogP contribution in [0.25, 0.3) is 0 Å². The van der Waals surface area contributed by atoms with Crippen molar-refractivity contribution >= 4 is 10.5 Å². The molecule has 1 aromatic rings. The van der Waals surface area contributed by atoms with E-state index in [0.29, 0.717) is 0 Å². The summed E-state index contributed by atoms with van der Waals surface area (Å²) < 4.78 is 41.6. The van der Waals surface area contributed by atoms with E-state index in [2.05, 4.69) is 10.5 Å². The first kappa shape index (κ1) is 14.2. The van der Waals surface area contributed by atoms with Crippen LogP contribution in [0.4, 0.5) is 8.78 Å². The maximum absolute atomic E-state index is 13.2. The van der Waals surface area contributed by atoms with Crippen LogP contribution in [0.5, 0.6) is 0 Å². The third-order valence-electron chi connectivity index (χ3n) is 2.08. The molecule has 0 saturated carbocycles. The number of halogens is 2. The van der Waals surface area contributed by atoms with Gasteiger partial charge in [-0.25, -0.2) is 8.78 Å². The van der Waals surface area contributed by atoms with E-state index in [0.717, 1.165) is 12.1 Å². The topological polar surface area (TPSA) is 27.7 Å². The third kappa shape index (κ3) is 3.10. The Hall–Kier alpha value is -0.823. The van der Waals surface area contributed by atoms with Crippen molar-refractivity contribution in [2.24, 2.45) is 0 Å². The minimum absolute atomic E-state index is 0.232. The van der Waals surface area contributed by atoms with Crippen LogP contribution in [0, 0.1) is 11.6 Å². The van der Waals surface area contributed by atoms with Crippen LogP contribution >= 0.6 is 0 Å². The second-order valence-electron chi connectivity index (χ2n) is 3.15. The van der Waals surface area contributed by atoms with Gasteiger partial charge in [0.15, 0.2) is 11.6 Å².